The number of hydrogen-bond acceptors (Lipinski definition) is 11. The number of sulfonamides is 1. The number of benzene rings is 6. The van der Waals surface area contributed by atoms with Crippen LogP contribution in [-0.4, -0.2) is 106 Å². The molecule has 0 saturated carbocycles. The lowest BCUT2D eigenvalue weighted by Gasteiger charge is -2.33. The Hall–Kier alpha value is -3.04. The Morgan fingerprint density at radius 3 is 1.01 bits per heavy atom. The minimum Gasteiger partial charge on any atom is -0.330 e. The third-order valence-corrected chi connectivity index (χ3v) is 24.1. The number of rotatable bonds is 30. The predicted molar refractivity (Wildman–Crippen MR) is 389 cm³/mol. The molecule has 0 aromatic heterocycles. The summed E-state index contributed by atoms with van der Waals surface area (Å²) in [5.74, 6) is 0.365. The molecule has 0 amide bonds. The van der Waals surface area contributed by atoms with Crippen molar-refractivity contribution in [3.8, 4) is 0 Å². The number of halogens is 7. The molecule has 3 atom stereocenters. The highest BCUT2D eigenvalue weighted by Crippen LogP contribution is 2.42. The third-order valence-electron chi connectivity index (χ3n) is 17.8. The normalized spacial score (nSPS) is 17.0. The van der Waals surface area contributed by atoms with E-state index < -0.39 is 28.9 Å². The zero-order chi connectivity index (χ0) is 67.3. The molecule has 3 aliphatic heterocycles. The fraction of sp³-hybridized carbons (Fsp3) is 0.493. The smallest absolute Gasteiger partial charge is 0.261 e. The molecule has 0 aliphatic carbocycles. The first-order valence-electron chi connectivity index (χ1n) is 32.7. The van der Waals surface area contributed by atoms with E-state index in [-0.39, 0.29) is 33.3 Å². The van der Waals surface area contributed by atoms with Gasteiger partial charge in [0.05, 0.1) is 20.4 Å². The summed E-state index contributed by atoms with van der Waals surface area (Å²) in [6.07, 6.45) is 21.7. The van der Waals surface area contributed by atoms with Gasteiger partial charge in [-0.15, -0.1) is 0 Å². The highest BCUT2D eigenvalue weighted by atomic mass is 35.7. The largest absolute Gasteiger partial charge is 0.330 e. The minimum atomic E-state index is -3.72. The number of nitrogens with two attached hydrogens (primary N) is 2. The molecule has 12 nitrogen and oxygen atoms in total. The van der Waals surface area contributed by atoms with Crippen molar-refractivity contribution in [2.45, 2.75) is 174 Å². The molecule has 3 heterocycles. The van der Waals surface area contributed by atoms with Crippen LogP contribution in [0.2, 0.25) is 30.1 Å². The van der Waals surface area contributed by atoms with Gasteiger partial charge in [0.25, 0.3) is 9.05 Å². The van der Waals surface area contributed by atoms with Gasteiger partial charge in [-0.3, -0.25) is 0 Å². The Morgan fingerprint density at radius 1 is 0.398 bits per heavy atom. The molecular formula is C71H93Cl7N6O6S3. The zero-order valence-corrected chi connectivity index (χ0v) is 61.7. The van der Waals surface area contributed by atoms with Crippen LogP contribution in [0.4, 0.5) is 0 Å². The molecule has 22 heteroatoms. The Labute approximate surface area is 590 Å². The van der Waals surface area contributed by atoms with Gasteiger partial charge >= 0.3 is 0 Å². The van der Waals surface area contributed by atoms with Crippen LogP contribution in [0.5, 0.6) is 0 Å². The SMILES string of the molecule is CN1Cc2c(Cl)cc(Cl)cc2C(c2ccc(S(=O)(=O)CCCCCCCCCCCCCNS(=O)(=O)c3ccc(C4CN(C)Cc5c(Cl)cc(Cl)cc54)cc3)cc2)C1.CN1Cc2c(Cl)cc(Cl)cc2C(c2ccc(S(=O)(=O)Cl)cc2)C1.NCCCCCCCCCCN. The standard InChI is InChI=1S/C45H55Cl4N3O4S2.C16H14Cl3NO2S.C10H24N2/c1-51-28-40(38-24-34(46)26-44(48)42(38)30-51)32-14-18-36(19-15-32)57(53,54)23-13-11-9-7-5-3-4-6-8-10-12-22-50-58(55,56)37-20-16-33(17-21-37)41-29-52(2)31-43-39(41)25-35(47)27-45(43)49;1-20-8-14(10-2-4-12(5-3-10)23(19,21)22)13-6-11(17)7-16(18)15(13)9-20;11-9-7-5-3-1-2-4-6-8-10-12/h14-21,24-27,40-41,50H,3-13,22-23,28-31H2,1-2H3;2-7,14H,8-9H2,1H3;1-12H2. The minimum absolute atomic E-state index is 0.0547. The lowest BCUT2D eigenvalue weighted by Crippen LogP contribution is -2.31. The van der Waals surface area contributed by atoms with E-state index in [1.54, 1.807) is 54.6 Å². The van der Waals surface area contributed by atoms with Crippen LogP contribution in [-0.2, 0) is 48.5 Å². The van der Waals surface area contributed by atoms with Crippen molar-refractivity contribution in [3.05, 3.63) is 189 Å². The Morgan fingerprint density at radius 2 is 0.688 bits per heavy atom. The first kappa shape index (κ1) is 77.3. The molecule has 6 aromatic rings. The fourth-order valence-electron chi connectivity index (χ4n) is 12.8. The van der Waals surface area contributed by atoms with E-state index in [4.69, 9.17) is 91.8 Å². The molecule has 0 spiro atoms. The van der Waals surface area contributed by atoms with E-state index >= 15 is 0 Å². The number of unbranched alkanes of at least 4 members (excludes halogenated alkanes) is 17. The Bertz CT molecular complexity index is 3530. The first-order valence-corrected chi connectivity index (χ1v) is 40.5. The van der Waals surface area contributed by atoms with Gasteiger partial charge < -0.3 is 26.2 Å². The Kier molecular flexibility index (Phi) is 31.4. The number of fused-ring (bicyclic) bond motifs is 3. The van der Waals surface area contributed by atoms with Crippen LogP contribution in [0.25, 0.3) is 0 Å². The molecule has 0 saturated heterocycles. The summed E-state index contributed by atoms with van der Waals surface area (Å²) in [6.45, 7) is 6.80. The van der Waals surface area contributed by atoms with Gasteiger partial charge in [-0.25, -0.2) is 30.0 Å². The van der Waals surface area contributed by atoms with Crippen LogP contribution < -0.4 is 16.2 Å². The predicted octanol–water partition coefficient (Wildman–Crippen LogP) is 18.0. The maximum Gasteiger partial charge on any atom is 0.261 e. The van der Waals surface area contributed by atoms with Crippen molar-refractivity contribution in [3.63, 3.8) is 0 Å². The summed E-state index contributed by atoms with van der Waals surface area (Å²) >= 11 is 38.2. The van der Waals surface area contributed by atoms with Gasteiger partial charge in [0.1, 0.15) is 0 Å². The quantitative estimate of drug-likeness (QED) is 0.0289. The van der Waals surface area contributed by atoms with Crippen molar-refractivity contribution >= 4 is 109 Å². The molecule has 6 aromatic carbocycles. The third kappa shape index (κ3) is 23.6. The van der Waals surface area contributed by atoms with E-state index in [0.29, 0.717) is 48.0 Å². The second-order valence-corrected chi connectivity index (χ2v) is 34.2. The molecule has 93 heavy (non-hydrogen) atoms. The molecular weight excluding hydrogens is 1380 g/mol. The molecule has 510 valence electrons. The van der Waals surface area contributed by atoms with Crippen molar-refractivity contribution in [1.82, 2.24) is 19.4 Å². The molecule has 0 bridgehead atoms. The summed E-state index contributed by atoms with van der Waals surface area (Å²) in [5.41, 5.74) is 20.4. The fourth-order valence-corrected chi connectivity index (χ4v) is 17.7. The molecule has 3 aliphatic rings. The summed E-state index contributed by atoms with van der Waals surface area (Å²) in [4.78, 5) is 7.36. The number of hydrogen-bond donors (Lipinski definition) is 3. The molecule has 0 radical (unpaired) electrons. The molecule has 3 unspecified atom stereocenters. The van der Waals surface area contributed by atoms with E-state index in [0.717, 1.165) is 167 Å². The van der Waals surface area contributed by atoms with Crippen LogP contribution in [0.1, 0.15) is 190 Å². The lowest BCUT2D eigenvalue weighted by molar-refractivity contribution is 0.295. The van der Waals surface area contributed by atoms with Crippen molar-refractivity contribution < 1.29 is 25.3 Å². The monoisotopic (exact) mass is 1470 g/mol. The van der Waals surface area contributed by atoms with Crippen LogP contribution in [0.3, 0.4) is 0 Å². The highest BCUT2D eigenvalue weighted by Gasteiger charge is 2.31. The van der Waals surface area contributed by atoms with Gasteiger partial charge in [0.2, 0.25) is 10.0 Å². The van der Waals surface area contributed by atoms with E-state index in [9.17, 15) is 25.3 Å². The van der Waals surface area contributed by atoms with Crippen LogP contribution in [0.15, 0.2) is 124 Å². The lowest BCUT2D eigenvalue weighted by atomic mass is 9.85. The van der Waals surface area contributed by atoms with Gasteiger partial charge in [0, 0.05) is 104 Å². The summed E-state index contributed by atoms with van der Waals surface area (Å²) in [7, 11) is 0.863. The van der Waals surface area contributed by atoms with Crippen LogP contribution >= 0.6 is 80.3 Å². The number of sulfone groups is 1. The Balaban J connectivity index is 0.000000284. The average molecular weight is 1470 g/mol. The summed E-state index contributed by atoms with van der Waals surface area (Å²) < 4.78 is 77.8. The molecule has 0 fully saturated rings. The van der Waals surface area contributed by atoms with Crippen molar-refractivity contribution in [2.75, 3.05) is 66.2 Å². The first-order chi connectivity index (χ1) is 44.4. The number of nitrogens with zero attached hydrogens (tertiary/aromatic N) is 3. The second kappa shape index (κ2) is 37.8. The van der Waals surface area contributed by atoms with Gasteiger partial charge in [-0.2, -0.15) is 0 Å². The molecule has 9 rings (SSSR count). The summed E-state index contributed by atoms with van der Waals surface area (Å²) in [6, 6.07) is 32.3. The second-order valence-electron chi connectivity index (χ2n) is 25.3. The highest BCUT2D eigenvalue weighted by molar-refractivity contribution is 8.13. The van der Waals surface area contributed by atoms with E-state index in [1.165, 1.54) is 63.5 Å². The van der Waals surface area contributed by atoms with Crippen molar-refractivity contribution in [2.24, 2.45) is 11.5 Å². The molecule has 5 N–H and O–H groups in total. The van der Waals surface area contributed by atoms with Gasteiger partial charge in [0.15, 0.2) is 9.84 Å². The maximum atomic E-state index is 13.1. The van der Waals surface area contributed by atoms with Crippen LogP contribution in [0, 0.1) is 0 Å². The van der Waals surface area contributed by atoms with Crippen molar-refractivity contribution in [1.29, 1.82) is 0 Å². The number of likely N-dealkylation sites (N-methyl/N-ethyl adjacent to an activating group) is 3. The number of nitrogens with one attached hydrogen (secondary N) is 1. The zero-order valence-electron chi connectivity index (χ0n) is 53.9. The van der Waals surface area contributed by atoms with E-state index in [1.807, 2.05) is 49.5 Å². The maximum absolute atomic E-state index is 13.1. The van der Waals surface area contributed by atoms with Gasteiger partial charge in [-0.1, -0.05) is 202 Å². The van der Waals surface area contributed by atoms with Gasteiger partial charge in [-0.05, 0) is 183 Å². The average Bonchev–Trinajstić information content (AvgIpc) is 0.794. The summed E-state index contributed by atoms with van der Waals surface area (Å²) in [5, 5.41) is 3.79. The topological polar surface area (TPSA) is 176 Å². The van der Waals surface area contributed by atoms with E-state index in [2.05, 4.69) is 33.5 Å².